The third-order valence-electron chi connectivity index (χ3n) is 2.73. The molecular formula is C14H15NO3. The van der Waals surface area contributed by atoms with Gasteiger partial charge >= 0.3 is 0 Å². The van der Waals surface area contributed by atoms with Gasteiger partial charge in [0.1, 0.15) is 17.2 Å². The summed E-state index contributed by atoms with van der Waals surface area (Å²) < 4.78 is 0. The molecule has 0 aliphatic carbocycles. The van der Waals surface area contributed by atoms with Crippen LogP contribution in [0.25, 0.3) is 0 Å². The van der Waals surface area contributed by atoms with Crippen molar-refractivity contribution >= 4 is 5.69 Å². The lowest BCUT2D eigenvalue weighted by Gasteiger charge is -2.17. The summed E-state index contributed by atoms with van der Waals surface area (Å²) >= 11 is 0. The number of phenolic OH excluding ortho intramolecular Hbond substituents is 3. The minimum atomic E-state index is -0.116. The number of anilines is 1. The average Bonchev–Trinajstić information content (AvgIpc) is 2.32. The zero-order chi connectivity index (χ0) is 13.1. The SMILES string of the molecule is CC(Nc1ccc(O)cc1)c1ccc(O)cc1O. The van der Waals surface area contributed by atoms with Crippen molar-refractivity contribution in [2.75, 3.05) is 5.32 Å². The van der Waals surface area contributed by atoms with Crippen LogP contribution in [0.1, 0.15) is 18.5 Å². The number of benzene rings is 2. The van der Waals surface area contributed by atoms with Crippen LogP contribution in [0.5, 0.6) is 17.2 Å². The minimum Gasteiger partial charge on any atom is -0.508 e. The van der Waals surface area contributed by atoms with Crippen LogP contribution in [0.15, 0.2) is 42.5 Å². The van der Waals surface area contributed by atoms with Gasteiger partial charge in [0.05, 0.1) is 6.04 Å². The van der Waals surface area contributed by atoms with Gasteiger partial charge in [-0.15, -0.1) is 0 Å². The monoisotopic (exact) mass is 245 g/mol. The molecule has 0 aliphatic heterocycles. The van der Waals surface area contributed by atoms with Crippen molar-refractivity contribution in [3.05, 3.63) is 48.0 Å². The third-order valence-corrected chi connectivity index (χ3v) is 2.73. The molecule has 2 aromatic rings. The first-order valence-electron chi connectivity index (χ1n) is 5.63. The van der Waals surface area contributed by atoms with Crippen LogP contribution in [-0.4, -0.2) is 15.3 Å². The fourth-order valence-corrected chi connectivity index (χ4v) is 1.78. The lowest BCUT2D eigenvalue weighted by molar-refractivity contribution is 0.444. The van der Waals surface area contributed by atoms with Gasteiger partial charge in [0.2, 0.25) is 0 Å². The highest BCUT2D eigenvalue weighted by atomic mass is 16.3. The second kappa shape index (κ2) is 4.87. The van der Waals surface area contributed by atoms with E-state index in [2.05, 4.69) is 5.32 Å². The number of phenols is 3. The summed E-state index contributed by atoms with van der Waals surface area (Å²) in [5.74, 6) is 0.294. The van der Waals surface area contributed by atoms with Gasteiger partial charge in [-0.1, -0.05) is 0 Å². The summed E-state index contributed by atoms with van der Waals surface area (Å²) in [6, 6.07) is 11.1. The molecule has 4 N–H and O–H groups in total. The molecule has 0 spiro atoms. The van der Waals surface area contributed by atoms with E-state index in [0.717, 1.165) is 5.69 Å². The Morgan fingerprint density at radius 2 is 1.50 bits per heavy atom. The predicted molar refractivity (Wildman–Crippen MR) is 69.9 cm³/mol. The number of hydrogen-bond acceptors (Lipinski definition) is 4. The summed E-state index contributed by atoms with van der Waals surface area (Å²) in [6.45, 7) is 1.90. The molecule has 0 fully saturated rings. The standard InChI is InChI=1S/C14H15NO3/c1-9(13-7-6-12(17)8-14(13)18)15-10-2-4-11(16)5-3-10/h2-9,15-18H,1H3. The Morgan fingerprint density at radius 3 is 2.11 bits per heavy atom. The highest BCUT2D eigenvalue weighted by Crippen LogP contribution is 2.30. The Balaban J connectivity index is 2.16. The van der Waals surface area contributed by atoms with E-state index >= 15 is 0 Å². The van der Waals surface area contributed by atoms with E-state index in [0.29, 0.717) is 5.56 Å². The molecule has 0 amide bonds. The molecule has 0 bridgehead atoms. The van der Waals surface area contributed by atoms with Gasteiger partial charge in [-0.05, 0) is 43.3 Å². The molecule has 94 valence electrons. The normalized spacial score (nSPS) is 12.1. The first-order valence-corrected chi connectivity index (χ1v) is 5.63. The molecule has 0 aliphatic rings. The van der Waals surface area contributed by atoms with Gasteiger partial charge in [-0.2, -0.15) is 0 Å². The molecule has 4 heteroatoms. The Hall–Kier alpha value is -2.36. The number of rotatable bonds is 3. The van der Waals surface area contributed by atoms with E-state index < -0.39 is 0 Å². The fourth-order valence-electron chi connectivity index (χ4n) is 1.78. The summed E-state index contributed by atoms with van der Waals surface area (Å²) in [4.78, 5) is 0. The van der Waals surface area contributed by atoms with Crippen molar-refractivity contribution in [1.29, 1.82) is 0 Å². The third kappa shape index (κ3) is 2.66. The largest absolute Gasteiger partial charge is 0.508 e. The second-order valence-corrected chi connectivity index (χ2v) is 4.16. The Kier molecular flexibility index (Phi) is 3.28. The number of aromatic hydroxyl groups is 3. The van der Waals surface area contributed by atoms with Crippen molar-refractivity contribution in [3.8, 4) is 17.2 Å². The maximum atomic E-state index is 9.74. The molecule has 0 radical (unpaired) electrons. The quantitative estimate of drug-likeness (QED) is 0.627. The Bertz CT molecular complexity index is 537. The maximum absolute atomic E-state index is 9.74. The van der Waals surface area contributed by atoms with Crippen molar-refractivity contribution < 1.29 is 15.3 Å². The van der Waals surface area contributed by atoms with Crippen LogP contribution < -0.4 is 5.32 Å². The first-order chi connectivity index (χ1) is 8.56. The van der Waals surface area contributed by atoms with Crippen molar-refractivity contribution in [3.63, 3.8) is 0 Å². The molecule has 1 atom stereocenters. The first kappa shape index (κ1) is 12.1. The lowest BCUT2D eigenvalue weighted by Crippen LogP contribution is -2.06. The fraction of sp³-hybridized carbons (Fsp3) is 0.143. The second-order valence-electron chi connectivity index (χ2n) is 4.16. The molecule has 1 unspecified atom stereocenters. The topological polar surface area (TPSA) is 72.7 Å². The molecule has 0 aromatic heterocycles. The van der Waals surface area contributed by atoms with E-state index in [9.17, 15) is 15.3 Å². The smallest absolute Gasteiger partial charge is 0.124 e. The molecule has 4 nitrogen and oxygen atoms in total. The van der Waals surface area contributed by atoms with Crippen LogP contribution in [0, 0.1) is 0 Å². The highest BCUT2D eigenvalue weighted by Gasteiger charge is 2.10. The van der Waals surface area contributed by atoms with Gasteiger partial charge in [-0.25, -0.2) is 0 Å². The Labute approximate surface area is 105 Å². The van der Waals surface area contributed by atoms with Crippen molar-refractivity contribution in [2.45, 2.75) is 13.0 Å². The molecular weight excluding hydrogens is 230 g/mol. The minimum absolute atomic E-state index is 0.0353. The van der Waals surface area contributed by atoms with Crippen LogP contribution in [-0.2, 0) is 0 Å². The van der Waals surface area contributed by atoms with E-state index in [-0.39, 0.29) is 23.3 Å². The molecule has 2 aromatic carbocycles. The van der Waals surface area contributed by atoms with Crippen LogP contribution >= 0.6 is 0 Å². The summed E-state index contributed by atoms with van der Waals surface area (Å²) in [6.07, 6.45) is 0. The van der Waals surface area contributed by atoms with Gasteiger partial charge in [0.25, 0.3) is 0 Å². The molecule has 2 rings (SSSR count). The molecule has 0 saturated heterocycles. The van der Waals surface area contributed by atoms with Gasteiger partial charge in [0, 0.05) is 17.3 Å². The zero-order valence-corrected chi connectivity index (χ0v) is 9.96. The van der Waals surface area contributed by atoms with Crippen molar-refractivity contribution in [1.82, 2.24) is 0 Å². The van der Waals surface area contributed by atoms with Crippen LogP contribution in [0.4, 0.5) is 5.69 Å². The zero-order valence-electron chi connectivity index (χ0n) is 9.96. The van der Waals surface area contributed by atoms with E-state index in [1.54, 1.807) is 30.3 Å². The number of nitrogens with one attached hydrogen (secondary N) is 1. The molecule has 0 heterocycles. The van der Waals surface area contributed by atoms with E-state index in [4.69, 9.17) is 0 Å². The summed E-state index contributed by atoms with van der Waals surface area (Å²) in [5.41, 5.74) is 1.54. The Morgan fingerprint density at radius 1 is 0.889 bits per heavy atom. The van der Waals surface area contributed by atoms with Gasteiger partial charge in [0.15, 0.2) is 0 Å². The van der Waals surface area contributed by atoms with Crippen molar-refractivity contribution in [2.24, 2.45) is 0 Å². The molecule has 0 saturated carbocycles. The van der Waals surface area contributed by atoms with E-state index in [1.807, 2.05) is 6.92 Å². The molecule has 18 heavy (non-hydrogen) atoms. The average molecular weight is 245 g/mol. The predicted octanol–water partition coefficient (Wildman–Crippen LogP) is 2.98. The van der Waals surface area contributed by atoms with E-state index in [1.165, 1.54) is 12.1 Å². The lowest BCUT2D eigenvalue weighted by atomic mass is 10.1. The highest BCUT2D eigenvalue weighted by molar-refractivity contribution is 5.50. The van der Waals surface area contributed by atoms with Gasteiger partial charge in [-0.3, -0.25) is 0 Å². The van der Waals surface area contributed by atoms with Crippen LogP contribution in [0.3, 0.4) is 0 Å². The van der Waals surface area contributed by atoms with Gasteiger partial charge < -0.3 is 20.6 Å². The maximum Gasteiger partial charge on any atom is 0.124 e. The number of hydrogen-bond donors (Lipinski definition) is 4. The van der Waals surface area contributed by atoms with Crippen LogP contribution in [0.2, 0.25) is 0 Å². The summed E-state index contributed by atoms with van der Waals surface area (Å²) in [5, 5.41) is 31.4. The summed E-state index contributed by atoms with van der Waals surface area (Å²) in [7, 11) is 0.